The molecule has 1 aliphatic heterocycles. The van der Waals surface area contributed by atoms with Gasteiger partial charge in [0.05, 0.1) is 17.6 Å². The number of nitrogens with one attached hydrogen (secondary N) is 1. The van der Waals surface area contributed by atoms with Crippen LogP contribution in [0.1, 0.15) is 34.8 Å². The molecule has 0 radical (unpaired) electrons. The number of nitrogens with zero attached hydrogens (tertiary/aromatic N) is 3. The summed E-state index contributed by atoms with van der Waals surface area (Å²) in [6.07, 6.45) is 1.67. The van der Waals surface area contributed by atoms with E-state index in [0.29, 0.717) is 46.1 Å². The number of rotatable bonds is 7. The van der Waals surface area contributed by atoms with Crippen molar-refractivity contribution in [3.8, 4) is 11.5 Å². The summed E-state index contributed by atoms with van der Waals surface area (Å²) in [6, 6.07) is 23.6. The summed E-state index contributed by atoms with van der Waals surface area (Å²) in [5.41, 5.74) is 11.7. The zero-order chi connectivity index (χ0) is 25.4. The Morgan fingerprint density at radius 2 is 1.70 bits per heavy atom. The van der Waals surface area contributed by atoms with Crippen molar-refractivity contribution in [1.82, 2.24) is 19.9 Å². The molecule has 3 heterocycles. The molecule has 1 aliphatic rings. The summed E-state index contributed by atoms with van der Waals surface area (Å²) in [6.45, 7) is 2.62. The van der Waals surface area contributed by atoms with Gasteiger partial charge in [0, 0.05) is 6.04 Å². The molecule has 1 atom stereocenters. The quantitative estimate of drug-likeness (QED) is 0.341. The second kappa shape index (κ2) is 9.46. The summed E-state index contributed by atoms with van der Waals surface area (Å²) < 4.78 is 12.8. The average Bonchev–Trinajstić information content (AvgIpc) is 3.48. The van der Waals surface area contributed by atoms with Gasteiger partial charge < -0.3 is 25.1 Å². The fourth-order valence-corrected chi connectivity index (χ4v) is 4.72. The van der Waals surface area contributed by atoms with Gasteiger partial charge in [-0.3, -0.25) is 4.79 Å². The van der Waals surface area contributed by atoms with Crippen molar-refractivity contribution in [2.24, 2.45) is 0 Å². The average molecular weight is 494 g/mol. The molecule has 0 saturated heterocycles. The van der Waals surface area contributed by atoms with Crippen molar-refractivity contribution in [3.05, 3.63) is 89.5 Å². The number of aryl methyl sites for hydroxylation is 1. The van der Waals surface area contributed by atoms with E-state index in [0.717, 1.165) is 23.9 Å². The topological polar surface area (TPSA) is 104 Å². The van der Waals surface area contributed by atoms with Gasteiger partial charge in [-0.05, 0) is 55.2 Å². The van der Waals surface area contributed by atoms with Crippen LogP contribution in [0.15, 0.2) is 72.8 Å². The smallest absolute Gasteiger partial charge is 0.257 e. The van der Waals surface area contributed by atoms with Gasteiger partial charge in [-0.1, -0.05) is 48.5 Å². The lowest BCUT2D eigenvalue weighted by molar-refractivity contribution is 0.0940. The number of nitrogen functional groups attached to an aromatic ring is 1. The first-order valence-electron chi connectivity index (χ1n) is 12.3. The van der Waals surface area contributed by atoms with Gasteiger partial charge in [-0.15, -0.1) is 0 Å². The SMILES string of the molecule is CC(CCc1ccccc1)NC(=O)c1c(N)n(Cc2ccc3c(c2)OCO3)c2nc3ccccc3nc12. The molecular weight excluding hydrogens is 466 g/mol. The Bertz CT molecular complexity index is 1610. The van der Waals surface area contributed by atoms with Gasteiger partial charge in [0.2, 0.25) is 6.79 Å². The Balaban J connectivity index is 1.35. The van der Waals surface area contributed by atoms with Crippen LogP contribution in [0.2, 0.25) is 0 Å². The van der Waals surface area contributed by atoms with Crippen LogP contribution in [-0.2, 0) is 13.0 Å². The molecule has 186 valence electrons. The second-order valence-corrected chi connectivity index (χ2v) is 9.32. The highest BCUT2D eigenvalue weighted by atomic mass is 16.7. The number of benzene rings is 3. The molecule has 1 unspecified atom stereocenters. The van der Waals surface area contributed by atoms with Gasteiger partial charge in [-0.25, -0.2) is 9.97 Å². The van der Waals surface area contributed by atoms with Gasteiger partial charge in [0.1, 0.15) is 16.9 Å². The van der Waals surface area contributed by atoms with Gasteiger partial charge in [0.15, 0.2) is 17.1 Å². The lowest BCUT2D eigenvalue weighted by Crippen LogP contribution is -2.33. The summed E-state index contributed by atoms with van der Waals surface area (Å²) in [5, 5.41) is 3.12. The van der Waals surface area contributed by atoms with Crippen LogP contribution in [0.5, 0.6) is 11.5 Å². The van der Waals surface area contributed by atoms with Crippen molar-refractivity contribution < 1.29 is 14.3 Å². The summed E-state index contributed by atoms with van der Waals surface area (Å²) in [5.74, 6) is 1.48. The van der Waals surface area contributed by atoms with E-state index in [-0.39, 0.29) is 18.7 Å². The third-order valence-corrected chi connectivity index (χ3v) is 6.68. The standard InChI is InChI=1S/C29H27N5O3/c1-18(11-12-19-7-3-2-4-8-19)31-29(35)25-26-28(33-22-10-6-5-9-21(22)32-26)34(27(25)30)16-20-13-14-23-24(15-20)37-17-36-23/h2-10,13-15,18H,11-12,16-17,30H2,1H3,(H,31,35). The molecule has 8 nitrogen and oxygen atoms in total. The fourth-order valence-electron chi connectivity index (χ4n) is 4.72. The Labute approximate surface area is 214 Å². The van der Waals surface area contributed by atoms with Gasteiger partial charge in [-0.2, -0.15) is 0 Å². The highest BCUT2D eigenvalue weighted by molar-refractivity contribution is 6.10. The molecule has 1 amide bonds. The minimum absolute atomic E-state index is 0.0484. The lowest BCUT2D eigenvalue weighted by atomic mass is 10.1. The molecule has 3 N–H and O–H groups in total. The largest absolute Gasteiger partial charge is 0.454 e. The van der Waals surface area contributed by atoms with E-state index in [9.17, 15) is 4.79 Å². The predicted molar refractivity (Wildman–Crippen MR) is 143 cm³/mol. The number of amides is 1. The molecule has 0 bridgehead atoms. The van der Waals surface area contributed by atoms with Crippen molar-refractivity contribution in [2.45, 2.75) is 32.4 Å². The maximum Gasteiger partial charge on any atom is 0.257 e. The van der Waals surface area contributed by atoms with E-state index in [1.165, 1.54) is 5.56 Å². The van der Waals surface area contributed by atoms with Crippen LogP contribution in [0.3, 0.4) is 0 Å². The van der Waals surface area contributed by atoms with Crippen LogP contribution >= 0.6 is 0 Å². The Kier molecular flexibility index (Phi) is 5.84. The molecule has 0 saturated carbocycles. The fraction of sp³-hybridized carbons (Fsp3) is 0.207. The second-order valence-electron chi connectivity index (χ2n) is 9.32. The van der Waals surface area contributed by atoms with Crippen LogP contribution in [0.25, 0.3) is 22.2 Å². The zero-order valence-electron chi connectivity index (χ0n) is 20.5. The first-order chi connectivity index (χ1) is 18.1. The first kappa shape index (κ1) is 22.8. The molecule has 3 aromatic carbocycles. The number of nitrogens with two attached hydrogens (primary N) is 1. The minimum atomic E-state index is -0.253. The monoisotopic (exact) mass is 493 g/mol. The van der Waals surface area contributed by atoms with E-state index >= 15 is 0 Å². The zero-order valence-corrected chi connectivity index (χ0v) is 20.5. The number of anilines is 1. The van der Waals surface area contributed by atoms with E-state index in [1.807, 2.05) is 72.2 Å². The van der Waals surface area contributed by atoms with Crippen molar-refractivity contribution in [3.63, 3.8) is 0 Å². The van der Waals surface area contributed by atoms with Crippen molar-refractivity contribution in [1.29, 1.82) is 0 Å². The number of fused-ring (bicyclic) bond motifs is 3. The van der Waals surface area contributed by atoms with Gasteiger partial charge >= 0.3 is 0 Å². The molecule has 0 fully saturated rings. The maximum atomic E-state index is 13.5. The minimum Gasteiger partial charge on any atom is -0.454 e. The van der Waals surface area contributed by atoms with E-state index in [1.54, 1.807) is 0 Å². The number of carbonyl (C=O) groups is 1. The third-order valence-electron chi connectivity index (χ3n) is 6.68. The summed E-state index contributed by atoms with van der Waals surface area (Å²) in [4.78, 5) is 23.2. The van der Waals surface area contributed by atoms with Gasteiger partial charge in [0.25, 0.3) is 5.91 Å². The van der Waals surface area contributed by atoms with Crippen LogP contribution < -0.4 is 20.5 Å². The highest BCUT2D eigenvalue weighted by Gasteiger charge is 2.25. The lowest BCUT2D eigenvalue weighted by Gasteiger charge is -2.14. The number of para-hydroxylation sites is 2. The van der Waals surface area contributed by atoms with E-state index < -0.39 is 0 Å². The molecule has 0 aliphatic carbocycles. The van der Waals surface area contributed by atoms with Crippen molar-refractivity contribution >= 4 is 33.9 Å². The molecule has 37 heavy (non-hydrogen) atoms. The van der Waals surface area contributed by atoms with E-state index in [2.05, 4.69) is 17.4 Å². The molecule has 0 spiro atoms. The normalized spacial score (nSPS) is 13.2. The molecule has 2 aromatic heterocycles. The van der Waals surface area contributed by atoms with Crippen LogP contribution in [-0.4, -0.2) is 33.3 Å². The Hall–Kier alpha value is -4.59. The molecule has 6 rings (SSSR count). The number of ether oxygens (including phenoxy) is 2. The third kappa shape index (κ3) is 4.42. The number of hydrogen-bond acceptors (Lipinski definition) is 6. The number of aromatic nitrogens is 3. The molecule has 5 aromatic rings. The van der Waals surface area contributed by atoms with Crippen LogP contribution in [0.4, 0.5) is 5.82 Å². The maximum absolute atomic E-state index is 13.5. The Morgan fingerprint density at radius 3 is 2.51 bits per heavy atom. The summed E-state index contributed by atoms with van der Waals surface area (Å²) in [7, 11) is 0. The molecule has 8 heteroatoms. The van der Waals surface area contributed by atoms with E-state index in [4.69, 9.17) is 25.2 Å². The molecular formula is C29H27N5O3. The first-order valence-corrected chi connectivity index (χ1v) is 12.3. The Morgan fingerprint density at radius 1 is 0.973 bits per heavy atom. The van der Waals surface area contributed by atoms with Crippen LogP contribution in [0, 0.1) is 0 Å². The number of carbonyl (C=O) groups excluding carboxylic acids is 1. The predicted octanol–water partition coefficient (Wildman–Crippen LogP) is 4.69. The highest BCUT2D eigenvalue weighted by Crippen LogP contribution is 2.34. The number of hydrogen-bond donors (Lipinski definition) is 2. The van der Waals surface area contributed by atoms with Crippen molar-refractivity contribution in [2.75, 3.05) is 12.5 Å². The summed E-state index contributed by atoms with van der Waals surface area (Å²) >= 11 is 0.